The number of hydrogen-bond acceptors (Lipinski definition) is 5. The highest BCUT2D eigenvalue weighted by molar-refractivity contribution is 7.92. The smallest absolute Gasteiger partial charge is 0.338 e. The van der Waals surface area contributed by atoms with Crippen molar-refractivity contribution in [2.24, 2.45) is 0 Å². The van der Waals surface area contributed by atoms with E-state index >= 15 is 0 Å². The summed E-state index contributed by atoms with van der Waals surface area (Å²) in [5, 5.41) is 0. The summed E-state index contributed by atoms with van der Waals surface area (Å²) < 4.78 is 29.8. The summed E-state index contributed by atoms with van der Waals surface area (Å²) in [5.74, 6) is -0.947. The first-order valence-electron chi connectivity index (χ1n) is 7.14. The van der Waals surface area contributed by atoms with Crippen LogP contribution < -0.4 is 4.72 Å². The Hall–Kier alpha value is -2.67. The van der Waals surface area contributed by atoms with Gasteiger partial charge in [-0.1, -0.05) is 18.2 Å². The molecule has 0 fully saturated rings. The Morgan fingerprint density at radius 2 is 1.54 bits per heavy atom. The average Bonchev–Trinajstić information content (AvgIpc) is 2.54. The molecule has 2 aromatic carbocycles. The van der Waals surface area contributed by atoms with Gasteiger partial charge in [-0.15, -0.1) is 0 Å². The molecule has 0 saturated carbocycles. The lowest BCUT2D eigenvalue weighted by Gasteiger charge is -2.13. The van der Waals surface area contributed by atoms with Gasteiger partial charge < -0.3 is 4.74 Å². The zero-order valence-electron chi connectivity index (χ0n) is 13.2. The van der Waals surface area contributed by atoms with Crippen molar-refractivity contribution in [3.8, 4) is 0 Å². The number of ether oxygens (including phenoxy) is 1. The Kier molecular flexibility index (Phi) is 5.35. The monoisotopic (exact) mass is 347 g/mol. The van der Waals surface area contributed by atoms with Gasteiger partial charge in [0.15, 0.2) is 6.10 Å². The van der Waals surface area contributed by atoms with Crippen molar-refractivity contribution in [3.05, 3.63) is 65.7 Å². The molecule has 0 amide bonds. The first-order chi connectivity index (χ1) is 11.3. The fourth-order valence-corrected chi connectivity index (χ4v) is 2.57. The molecule has 0 spiro atoms. The van der Waals surface area contributed by atoms with Gasteiger partial charge in [0.1, 0.15) is 0 Å². The molecule has 0 bridgehead atoms. The number of rotatable bonds is 6. The van der Waals surface area contributed by atoms with Crippen LogP contribution in [0.3, 0.4) is 0 Å². The summed E-state index contributed by atoms with van der Waals surface area (Å²) in [6.07, 6.45) is 0.0865. The predicted octanol–water partition coefficient (Wildman–Crippen LogP) is 2.49. The van der Waals surface area contributed by atoms with Gasteiger partial charge in [0.05, 0.1) is 11.8 Å². The Morgan fingerprint density at radius 3 is 2.08 bits per heavy atom. The lowest BCUT2D eigenvalue weighted by molar-refractivity contribution is 0.0319. The van der Waals surface area contributed by atoms with Crippen LogP contribution in [0, 0.1) is 0 Å². The van der Waals surface area contributed by atoms with Crippen LogP contribution in [0.25, 0.3) is 0 Å². The normalized spacial score (nSPS) is 12.2. The number of ketones is 1. The molecule has 0 saturated heterocycles. The second-order valence-corrected chi connectivity index (χ2v) is 6.98. The maximum Gasteiger partial charge on any atom is 0.338 e. The van der Waals surface area contributed by atoms with Gasteiger partial charge in [0, 0.05) is 11.3 Å². The number of carbonyl (C=O) groups is 2. The van der Waals surface area contributed by atoms with Crippen LogP contribution in [0.5, 0.6) is 0 Å². The number of esters is 1. The zero-order chi connectivity index (χ0) is 17.7. The Bertz CT molecular complexity index is 829. The zero-order valence-corrected chi connectivity index (χ0v) is 14.0. The second-order valence-electron chi connectivity index (χ2n) is 5.23. The summed E-state index contributed by atoms with van der Waals surface area (Å²) in [5.41, 5.74) is 1.04. The van der Waals surface area contributed by atoms with E-state index in [-0.39, 0.29) is 5.78 Å². The van der Waals surface area contributed by atoms with Crippen molar-refractivity contribution in [2.45, 2.75) is 13.0 Å². The highest BCUT2D eigenvalue weighted by atomic mass is 32.2. The Labute approximate surface area is 140 Å². The van der Waals surface area contributed by atoms with Crippen LogP contribution in [0.4, 0.5) is 5.69 Å². The second kappa shape index (κ2) is 7.27. The topological polar surface area (TPSA) is 89.5 Å². The Balaban J connectivity index is 2.04. The SMILES string of the molecule is C[C@@H](OC(=O)c1ccccc1)C(=O)c1ccc(NS(C)(=O)=O)cc1. The first kappa shape index (κ1) is 17.7. The van der Waals surface area contributed by atoms with Gasteiger partial charge in [-0.05, 0) is 43.3 Å². The third-order valence-electron chi connectivity index (χ3n) is 3.14. The lowest BCUT2D eigenvalue weighted by atomic mass is 10.1. The largest absolute Gasteiger partial charge is 0.451 e. The summed E-state index contributed by atoms with van der Waals surface area (Å²) in [4.78, 5) is 24.2. The van der Waals surface area contributed by atoms with Crippen LogP contribution in [0.2, 0.25) is 0 Å². The van der Waals surface area contributed by atoms with E-state index in [1.165, 1.54) is 31.2 Å². The van der Waals surface area contributed by atoms with E-state index < -0.39 is 22.1 Å². The minimum Gasteiger partial charge on any atom is -0.451 e. The van der Waals surface area contributed by atoms with E-state index in [4.69, 9.17) is 4.74 Å². The maximum atomic E-state index is 12.3. The highest BCUT2D eigenvalue weighted by Crippen LogP contribution is 2.14. The van der Waals surface area contributed by atoms with E-state index in [9.17, 15) is 18.0 Å². The molecule has 1 atom stereocenters. The molecule has 6 nitrogen and oxygen atoms in total. The molecule has 0 heterocycles. The van der Waals surface area contributed by atoms with Gasteiger partial charge in [0.25, 0.3) is 0 Å². The fourth-order valence-electron chi connectivity index (χ4n) is 2.01. The number of anilines is 1. The molecule has 126 valence electrons. The van der Waals surface area contributed by atoms with E-state index in [0.717, 1.165) is 6.26 Å². The molecule has 7 heteroatoms. The van der Waals surface area contributed by atoms with Crippen LogP contribution in [-0.2, 0) is 14.8 Å². The molecule has 0 aliphatic carbocycles. The van der Waals surface area contributed by atoms with E-state index in [0.29, 0.717) is 16.8 Å². The maximum absolute atomic E-state index is 12.3. The van der Waals surface area contributed by atoms with E-state index in [1.807, 2.05) is 0 Å². The molecule has 0 aliphatic heterocycles. The lowest BCUT2D eigenvalue weighted by Crippen LogP contribution is -2.24. The molecule has 2 aromatic rings. The average molecular weight is 347 g/mol. The number of sulfonamides is 1. The molecule has 0 unspecified atom stereocenters. The van der Waals surface area contributed by atoms with Crippen LogP contribution >= 0.6 is 0 Å². The molecular formula is C17H17NO5S. The van der Waals surface area contributed by atoms with Crippen molar-refractivity contribution in [3.63, 3.8) is 0 Å². The minimum absolute atomic E-state index is 0.322. The predicted molar refractivity (Wildman–Crippen MR) is 90.6 cm³/mol. The molecule has 0 aliphatic rings. The van der Waals surface area contributed by atoms with Crippen LogP contribution in [0.15, 0.2) is 54.6 Å². The fraction of sp³-hybridized carbons (Fsp3) is 0.176. The van der Waals surface area contributed by atoms with Crippen molar-refractivity contribution >= 4 is 27.5 Å². The molecular weight excluding hydrogens is 330 g/mol. The van der Waals surface area contributed by atoms with E-state index in [1.54, 1.807) is 30.3 Å². The summed E-state index contributed by atoms with van der Waals surface area (Å²) in [6.45, 7) is 1.49. The number of hydrogen-bond donors (Lipinski definition) is 1. The Morgan fingerprint density at radius 1 is 0.958 bits per heavy atom. The van der Waals surface area contributed by atoms with E-state index in [2.05, 4.69) is 4.72 Å². The minimum atomic E-state index is -3.38. The van der Waals surface area contributed by atoms with Crippen molar-refractivity contribution in [1.29, 1.82) is 0 Å². The van der Waals surface area contributed by atoms with Crippen molar-refractivity contribution in [1.82, 2.24) is 0 Å². The molecule has 2 rings (SSSR count). The highest BCUT2D eigenvalue weighted by Gasteiger charge is 2.20. The molecule has 0 aromatic heterocycles. The van der Waals surface area contributed by atoms with Crippen molar-refractivity contribution < 1.29 is 22.7 Å². The van der Waals surface area contributed by atoms with Gasteiger partial charge in [-0.3, -0.25) is 9.52 Å². The van der Waals surface area contributed by atoms with Crippen LogP contribution in [0.1, 0.15) is 27.6 Å². The molecule has 24 heavy (non-hydrogen) atoms. The summed E-state index contributed by atoms with van der Waals surface area (Å²) >= 11 is 0. The first-order valence-corrected chi connectivity index (χ1v) is 9.03. The van der Waals surface area contributed by atoms with Crippen LogP contribution in [-0.4, -0.2) is 32.5 Å². The summed E-state index contributed by atoms with van der Waals surface area (Å²) in [6, 6.07) is 14.3. The number of carbonyl (C=O) groups excluding carboxylic acids is 2. The molecule has 1 N–H and O–H groups in total. The summed E-state index contributed by atoms with van der Waals surface area (Å²) in [7, 11) is -3.38. The standard InChI is InChI=1S/C17H17NO5S/c1-12(23-17(20)14-6-4-3-5-7-14)16(19)13-8-10-15(11-9-13)18-24(2,21)22/h3-12,18H,1-2H3/t12-/m1/s1. The van der Waals surface area contributed by atoms with Gasteiger partial charge in [-0.25, -0.2) is 13.2 Å². The third kappa shape index (κ3) is 4.92. The third-order valence-corrected chi connectivity index (χ3v) is 3.74. The van der Waals surface area contributed by atoms with Gasteiger partial charge in [-0.2, -0.15) is 0 Å². The van der Waals surface area contributed by atoms with Gasteiger partial charge >= 0.3 is 5.97 Å². The van der Waals surface area contributed by atoms with Crippen molar-refractivity contribution in [2.75, 3.05) is 11.0 Å². The molecule has 0 radical (unpaired) electrons. The van der Waals surface area contributed by atoms with Gasteiger partial charge in [0.2, 0.25) is 15.8 Å². The quantitative estimate of drug-likeness (QED) is 0.640. The number of benzene rings is 2. The number of Topliss-reactive ketones (excluding diaryl/α,β-unsaturated/α-hetero) is 1. The number of nitrogens with one attached hydrogen (secondary N) is 1.